The van der Waals surface area contributed by atoms with Gasteiger partial charge in [-0.2, -0.15) is 0 Å². The van der Waals surface area contributed by atoms with Crippen molar-refractivity contribution in [2.24, 2.45) is 5.73 Å². The molecule has 1 aromatic rings. The molecule has 0 aliphatic heterocycles. The Morgan fingerprint density at radius 1 is 1.43 bits per heavy atom. The van der Waals surface area contributed by atoms with E-state index in [-0.39, 0.29) is 17.0 Å². The van der Waals surface area contributed by atoms with Gasteiger partial charge in [0.2, 0.25) is 10.0 Å². The standard InChI is InChI=1S/C14H21BrN2O3S/c1-3-20-12-6-11(7-12)17-21(18,19)13-5-10(8-16)4-9(2)14(13)15/h4-5,11-12,17H,3,6-8,16H2,1-2H3. The van der Waals surface area contributed by atoms with Gasteiger partial charge in [-0.25, -0.2) is 13.1 Å². The van der Waals surface area contributed by atoms with Gasteiger partial charge in [0.05, 0.1) is 11.0 Å². The van der Waals surface area contributed by atoms with E-state index in [1.165, 1.54) is 0 Å². The molecule has 0 bridgehead atoms. The Kier molecular flexibility index (Phi) is 5.43. The zero-order valence-corrected chi connectivity index (χ0v) is 14.6. The second-order valence-corrected chi connectivity index (χ2v) is 7.77. The molecule has 0 unspecified atom stereocenters. The molecule has 0 heterocycles. The van der Waals surface area contributed by atoms with E-state index in [4.69, 9.17) is 10.5 Å². The first-order valence-corrected chi connectivity index (χ1v) is 9.28. The minimum Gasteiger partial charge on any atom is -0.378 e. The molecule has 3 N–H and O–H groups in total. The first-order chi connectivity index (χ1) is 9.87. The van der Waals surface area contributed by atoms with Crippen LogP contribution in [0.2, 0.25) is 0 Å². The van der Waals surface area contributed by atoms with Crippen LogP contribution in [-0.2, 0) is 21.3 Å². The van der Waals surface area contributed by atoms with E-state index in [0.29, 0.717) is 17.6 Å². The van der Waals surface area contributed by atoms with Gasteiger partial charge in [-0.3, -0.25) is 0 Å². The van der Waals surface area contributed by atoms with E-state index in [0.717, 1.165) is 24.0 Å². The van der Waals surface area contributed by atoms with Crippen molar-refractivity contribution in [1.29, 1.82) is 0 Å². The minimum atomic E-state index is -3.55. The normalized spacial score (nSPS) is 22.1. The third kappa shape index (κ3) is 3.84. The summed E-state index contributed by atoms with van der Waals surface area (Å²) in [6.07, 6.45) is 1.61. The highest BCUT2D eigenvalue weighted by Crippen LogP contribution is 2.30. The number of aryl methyl sites for hydroxylation is 1. The van der Waals surface area contributed by atoms with Crippen molar-refractivity contribution >= 4 is 26.0 Å². The first kappa shape index (κ1) is 16.9. The smallest absolute Gasteiger partial charge is 0.241 e. The lowest BCUT2D eigenvalue weighted by Crippen LogP contribution is -2.47. The molecule has 0 saturated heterocycles. The van der Waals surface area contributed by atoms with Crippen LogP contribution in [0.1, 0.15) is 30.9 Å². The zero-order valence-electron chi connectivity index (χ0n) is 12.2. The molecule has 0 amide bonds. The summed E-state index contributed by atoms with van der Waals surface area (Å²) >= 11 is 3.36. The molecule has 21 heavy (non-hydrogen) atoms. The number of rotatable bonds is 6. The second kappa shape index (κ2) is 6.75. The van der Waals surface area contributed by atoms with E-state index in [2.05, 4.69) is 20.7 Å². The Labute approximate surface area is 134 Å². The largest absolute Gasteiger partial charge is 0.378 e. The van der Waals surface area contributed by atoms with E-state index < -0.39 is 10.0 Å². The summed E-state index contributed by atoms with van der Waals surface area (Å²) in [4.78, 5) is 0.253. The Balaban J connectivity index is 2.15. The molecule has 1 saturated carbocycles. The maximum absolute atomic E-state index is 12.5. The molecule has 0 aromatic heterocycles. The summed E-state index contributed by atoms with van der Waals surface area (Å²) in [7, 11) is -3.55. The molecule has 2 rings (SSSR count). The van der Waals surface area contributed by atoms with Crippen LogP contribution in [-0.4, -0.2) is 27.2 Å². The lowest BCUT2D eigenvalue weighted by atomic mass is 9.90. The van der Waals surface area contributed by atoms with Gasteiger partial charge in [0.15, 0.2) is 0 Å². The second-order valence-electron chi connectivity index (χ2n) is 5.30. The fraction of sp³-hybridized carbons (Fsp3) is 0.571. The van der Waals surface area contributed by atoms with Crippen molar-refractivity contribution in [3.05, 3.63) is 27.7 Å². The van der Waals surface area contributed by atoms with Crippen LogP contribution in [0.15, 0.2) is 21.5 Å². The van der Waals surface area contributed by atoms with Crippen LogP contribution in [0.3, 0.4) is 0 Å². The highest BCUT2D eigenvalue weighted by Gasteiger charge is 2.33. The van der Waals surface area contributed by atoms with Crippen LogP contribution in [0.5, 0.6) is 0 Å². The summed E-state index contributed by atoms with van der Waals surface area (Å²) in [6, 6.07) is 3.45. The highest BCUT2D eigenvalue weighted by molar-refractivity contribution is 9.10. The average Bonchev–Trinajstić information content (AvgIpc) is 2.39. The van der Waals surface area contributed by atoms with Crippen LogP contribution in [0.25, 0.3) is 0 Å². The van der Waals surface area contributed by atoms with Gasteiger partial charge in [-0.1, -0.05) is 6.07 Å². The lowest BCUT2D eigenvalue weighted by molar-refractivity contribution is -0.00476. The van der Waals surface area contributed by atoms with Crippen LogP contribution >= 0.6 is 15.9 Å². The fourth-order valence-electron chi connectivity index (χ4n) is 2.44. The summed E-state index contributed by atoms with van der Waals surface area (Å²) in [5.41, 5.74) is 7.29. The molecule has 1 aliphatic rings. The quantitative estimate of drug-likeness (QED) is 0.795. The number of sulfonamides is 1. The van der Waals surface area contributed by atoms with Gasteiger partial charge < -0.3 is 10.5 Å². The lowest BCUT2D eigenvalue weighted by Gasteiger charge is -2.35. The molecule has 1 aliphatic carbocycles. The van der Waals surface area contributed by atoms with Crippen LogP contribution < -0.4 is 10.5 Å². The number of hydrogen-bond donors (Lipinski definition) is 2. The molecule has 5 nitrogen and oxygen atoms in total. The molecule has 0 spiro atoms. The fourth-order valence-corrected chi connectivity index (χ4v) is 4.77. The van der Waals surface area contributed by atoms with Crippen molar-refractivity contribution in [3.63, 3.8) is 0 Å². The van der Waals surface area contributed by atoms with Crippen molar-refractivity contribution in [2.45, 2.75) is 50.3 Å². The van der Waals surface area contributed by atoms with Crippen molar-refractivity contribution in [2.75, 3.05) is 6.61 Å². The Morgan fingerprint density at radius 3 is 2.67 bits per heavy atom. The maximum atomic E-state index is 12.5. The summed E-state index contributed by atoms with van der Waals surface area (Å²) in [6.45, 7) is 4.77. The summed E-state index contributed by atoms with van der Waals surface area (Å²) in [5, 5.41) is 0. The van der Waals surface area contributed by atoms with E-state index >= 15 is 0 Å². The minimum absolute atomic E-state index is 0.0553. The summed E-state index contributed by atoms with van der Waals surface area (Å²) in [5.74, 6) is 0. The first-order valence-electron chi connectivity index (χ1n) is 7.00. The van der Waals surface area contributed by atoms with E-state index in [1.54, 1.807) is 6.07 Å². The molecule has 1 aromatic carbocycles. The number of halogens is 1. The third-order valence-electron chi connectivity index (χ3n) is 3.63. The molecular formula is C14H21BrN2O3S. The predicted molar refractivity (Wildman–Crippen MR) is 85.5 cm³/mol. The van der Waals surface area contributed by atoms with Gasteiger partial charge in [-0.05, 0) is 59.8 Å². The molecule has 0 atom stereocenters. The number of nitrogens with one attached hydrogen (secondary N) is 1. The van der Waals surface area contributed by atoms with Crippen molar-refractivity contribution < 1.29 is 13.2 Å². The van der Waals surface area contributed by atoms with Gasteiger partial charge in [0.1, 0.15) is 0 Å². The topological polar surface area (TPSA) is 81.4 Å². The number of benzene rings is 1. The van der Waals surface area contributed by atoms with Crippen molar-refractivity contribution in [1.82, 2.24) is 4.72 Å². The van der Waals surface area contributed by atoms with Crippen LogP contribution in [0, 0.1) is 6.92 Å². The zero-order chi connectivity index (χ0) is 15.6. The number of ether oxygens (including phenoxy) is 1. The molecular weight excluding hydrogens is 356 g/mol. The summed E-state index contributed by atoms with van der Waals surface area (Å²) < 4.78 is 33.8. The monoisotopic (exact) mass is 376 g/mol. The average molecular weight is 377 g/mol. The SMILES string of the molecule is CCOC1CC(NS(=O)(=O)c2cc(CN)cc(C)c2Br)C1. The highest BCUT2D eigenvalue weighted by atomic mass is 79.9. The van der Waals surface area contributed by atoms with Gasteiger partial charge in [0.25, 0.3) is 0 Å². The maximum Gasteiger partial charge on any atom is 0.241 e. The molecule has 0 radical (unpaired) electrons. The van der Waals surface area contributed by atoms with E-state index in [9.17, 15) is 8.42 Å². The Morgan fingerprint density at radius 2 is 2.10 bits per heavy atom. The third-order valence-corrected chi connectivity index (χ3v) is 6.48. The van der Waals surface area contributed by atoms with Gasteiger partial charge in [-0.15, -0.1) is 0 Å². The predicted octanol–water partition coefficient (Wildman–Crippen LogP) is 2.06. The Bertz CT molecular complexity index is 613. The van der Waals surface area contributed by atoms with Crippen LogP contribution in [0.4, 0.5) is 0 Å². The molecule has 1 fully saturated rings. The number of hydrogen-bond acceptors (Lipinski definition) is 4. The molecule has 7 heteroatoms. The van der Waals surface area contributed by atoms with E-state index in [1.807, 2.05) is 19.9 Å². The Hall–Kier alpha value is -0.470. The van der Waals surface area contributed by atoms with Gasteiger partial charge >= 0.3 is 0 Å². The molecule has 118 valence electrons. The van der Waals surface area contributed by atoms with Crippen molar-refractivity contribution in [3.8, 4) is 0 Å². The number of nitrogens with two attached hydrogens (primary N) is 1. The van der Waals surface area contributed by atoms with Gasteiger partial charge in [0, 0.05) is 23.7 Å².